The van der Waals surface area contributed by atoms with Gasteiger partial charge in [-0.15, -0.1) is 0 Å². The number of hydrogen-bond acceptors (Lipinski definition) is 21. The van der Waals surface area contributed by atoms with Crippen LogP contribution in [0.4, 0.5) is 0 Å². The Morgan fingerprint density at radius 3 is 2.10 bits per heavy atom. The summed E-state index contributed by atoms with van der Waals surface area (Å²) in [5.74, 6) is -8.86. The number of aliphatic hydroxyl groups is 8. The molecule has 0 spiro atoms. The Balaban J connectivity index is 1.83. The Bertz CT molecular complexity index is 1870. The van der Waals surface area contributed by atoms with Crippen LogP contribution in [0.15, 0.2) is 18.2 Å². The van der Waals surface area contributed by atoms with Crippen LogP contribution in [0.3, 0.4) is 0 Å². The molecule has 14 N–H and O–H groups in total. The van der Waals surface area contributed by atoms with Gasteiger partial charge in [-0.3, -0.25) is 33.7 Å². The first-order chi connectivity index (χ1) is 31.6. The first-order valence-electron chi connectivity index (χ1n) is 21.6. The molecule has 0 unspecified atom stereocenters. The minimum atomic E-state index is -2.08. The second-order valence-corrected chi connectivity index (χ2v) is 17.7. The molecule has 0 aliphatic carbocycles. The summed E-state index contributed by atoms with van der Waals surface area (Å²) in [6.45, 7) is 1.81. The predicted molar refractivity (Wildman–Crippen MR) is 229 cm³/mol. The Labute approximate surface area is 389 Å². The lowest BCUT2D eigenvalue weighted by molar-refractivity contribution is -0.433. The minimum absolute atomic E-state index is 0.0860. The molecule has 378 valence electrons. The van der Waals surface area contributed by atoms with Crippen LogP contribution in [0.5, 0.6) is 11.5 Å². The number of fused-ring (bicyclic) bond motifs is 2. The lowest BCUT2D eigenvalue weighted by Gasteiger charge is -2.34. The SMILES string of the molecule is C[C@H]1C[C@@H](O)CNC(=O)[C@@H]2[C@@H](O)[C@@H](C)CN2C(=O)[C@H]([C@H](O)CCN(C)C(CO)CO)NC(=O)[C@H]([C@H](O)Cc2ccc(O)c(OSOOO)c2)NC(=O)[C@@H]2C[C@@H](O)CN2C(=O)[C@H]([C@@H](C)O)NC1=O. The van der Waals surface area contributed by atoms with Crippen molar-refractivity contribution in [2.75, 3.05) is 46.4 Å². The number of β-amino-alcohol motifs (C(OH)–C–C–N with tert-alkyl or cyclic N) is 1. The van der Waals surface area contributed by atoms with Crippen LogP contribution >= 0.6 is 12.3 Å². The average Bonchev–Trinajstić information content (AvgIpc) is 3.83. The number of aromatic hydroxyl groups is 1. The molecule has 0 radical (unpaired) electrons. The summed E-state index contributed by atoms with van der Waals surface area (Å²) in [4.78, 5) is 88.0. The van der Waals surface area contributed by atoms with Crippen LogP contribution in [0.2, 0.25) is 0 Å². The van der Waals surface area contributed by atoms with E-state index < -0.39 is 165 Å². The van der Waals surface area contributed by atoms with Crippen LogP contribution in [0.25, 0.3) is 0 Å². The van der Waals surface area contributed by atoms with E-state index in [-0.39, 0.29) is 49.6 Å². The molecule has 4 rings (SSSR count). The van der Waals surface area contributed by atoms with E-state index in [2.05, 4.69) is 30.6 Å². The quantitative estimate of drug-likeness (QED) is 0.0337. The normalized spacial score (nSPS) is 29.9. The molecule has 1 aromatic rings. The monoisotopic (exact) mass is 977 g/mol. The Hall–Kier alpha value is -4.49. The van der Waals surface area contributed by atoms with Gasteiger partial charge in [-0.1, -0.05) is 29.3 Å². The van der Waals surface area contributed by atoms with Gasteiger partial charge >= 0.3 is 0 Å². The molecule has 1 aromatic carbocycles. The van der Waals surface area contributed by atoms with Crippen LogP contribution in [0, 0.1) is 11.8 Å². The molecule has 67 heavy (non-hydrogen) atoms. The summed E-state index contributed by atoms with van der Waals surface area (Å²) < 4.78 is 9.28. The highest BCUT2D eigenvalue weighted by atomic mass is 32.2. The Kier molecular flexibility index (Phi) is 20.7. The van der Waals surface area contributed by atoms with E-state index in [0.29, 0.717) is 0 Å². The number of rotatable bonds is 15. The molecule has 27 heteroatoms. The second-order valence-electron chi connectivity index (χ2n) is 17.3. The fourth-order valence-corrected chi connectivity index (χ4v) is 8.43. The third kappa shape index (κ3) is 14.3. The smallest absolute Gasteiger partial charge is 0.261 e. The van der Waals surface area contributed by atoms with E-state index in [0.717, 1.165) is 15.9 Å². The summed E-state index contributed by atoms with van der Waals surface area (Å²) in [6.07, 6.45) is -11.2. The zero-order valence-corrected chi connectivity index (χ0v) is 38.1. The highest BCUT2D eigenvalue weighted by Crippen LogP contribution is 2.31. The van der Waals surface area contributed by atoms with E-state index in [1.807, 2.05) is 0 Å². The van der Waals surface area contributed by atoms with Gasteiger partial charge in [0, 0.05) is 50.9 Å². The highest BCUT2D eigenvalue weighted by molar-refractivity contribution is 7.90. The number of aliphatic hydroxyl groups excluding tert-OH is 8. The number of phenolic OH excluding ortho intramolecular Hbond substituents is 1. The molecule has 13 atom stereocenters. The topological polar surface area (TPSA) is 390 Å². The number of nitrogens with one attached hydrogen (secondary N) is 4. The molecule has 26 nitrogen and oxygen atoms in total. The van der Waals surface area contributed by atoms with Crippen molar-refractivity contribution in [3.8, 4) is 11.5 Å². The molecule has 6 amide bonds. The van der Waals surface area contributed by atoms with Crippen LogP contribution in [-0.2, 0) is 44.6 Å². The zero-order valence-electron chi connectivity index (χ0n) is 37.3. The molecule has 3 aliphatic heterocycles. The molecule has 0 saturated carbocycles. The summed E-state index contributed by atoms with van der Waals surface area (Å²) >= 11 is 0.0860. The van der Waals surface area contributed by atoms with Gasteiger partial charge in [-0.2, -0.15) is 0 Å². The van der Waals surface area contributed by atoms with E-state index in [4.69, 9.17) is 9.44 Å². The van der Waals surface area contributed by atoms with Gasteiger partial charge in [0.1, 0.15) is 30.2 Å². The summed E-state index contributed by atoms with van der Waals surface area (Å²) in [5.41, 5.74) is 0.144. The number of likely N-dealkylation sites (N-methyl/N-ethyl adjacent to an activating group) is 1. The molecule has 3 fully saturated rings. The third-order valence-corrected chi connectivity index (χ3v) is 12.5. The van der Waals surface area contributed by atoms with Crippen molar-refractivity contribution in [3.05, 3.63) is 23.8 Å². The average molecular weight is 978 g/mol. The number of hydrogen-bond donors (Lipinski definition) is 14. The molecular weight excluding hydrogens is 915 g/mol. The molecule has 0 bridgehead atoms. The lowest BCUT2D eigenvalue weighted by atomic mass is 9.98. The van der Waals surface area contributed by atoms with E-state index >= 15 is 0 Å². The fourth-order valence-electron chi connectivity index (χ4n) is 8.17. The number of carbonyl (C=O) groups is 6. The molecule has 3 aliphatic rings. The van der Waals surface area contributed by atoms with E-state index in [1.54, 1.807) is 0 Å². The zero-order chi connectivity index (χ0) is 49.9. The van der Waals surface area contributed by atoms with Crippen LogP contribution < -0.4 is 25.5 Å². The van der Waals surface area contributed by atoms with Gasteiger partial charge in [0.15, 0.2) is 11.5 Å². The van der Waals surface area contributed by atoms with Crippen LogP contribution in [-0.4, -0.2) is 221 Å². The van der Waals surface area contributed by atoms with Gasteiger partial charge < -0.3 is 81.2 Å². The van der Waals surface area contributed by atoms with Crippen LogP contribution in [0.1, 0.15) is 45.6 Å². The van der Waals surface area contributed by atoms with Gasteiger partial charge in [0.05, 0.1) is 55.9 Å². The number of carbonyl (C=O) groups excluding carboxylic acids is 6. The summed E-state index contributed by atoms with van der Waals surface area (Å²) in [6, 6.07) is -6.18. The molecular formula is C40H63N7O19S. The van der Waals surface area contributed by atoms with Crippen molar-refractivity contribution >= 4 is 47.8 Å². The van der Waals surface area contributed by atoms with Crippen molar-refractivity contribution < 1.29 is 93.5 Å². The second kappa shape index (κ2) is 25.2. The summed E-state index contributed by atoms with van der Waals surface area (Å²) in [7, 11) is 1.51. The van der Waals surface area contributed by atoms with Gasteiger partial charge in [-0.05, 0) is 44.5 Å². The number of amides is 6. The Morgan fingerprint density at radius 2 is 1.46 bits per heavy atom. The minimum Gasteiger partial charge on any atom is -0.504 e. The van der Waals surface area contributed by atoms with Crippen molar-refractivity contribution in [2.45, 2.75) is 119 Å². The molecule has 0 aromatic heterocycles. The Morgan fingerprint density at radius 1 is 0.821 bits per heavy atom. The van der Waals surface area contributed by atoms with Crippen molar-refractivity contribution in [1.29, 1.82) is 0 Å². The third-order valence-electron chi connectivity index (χ3n) is 12.2. The van der Waals surface area contributed by atoms with Crippen molar-refractivity contribution in [1.82, 2.24) is 36.0 Å². The maximum atomic E-state index is 14.7. The fraction of sp³-hybridized carbons (Fsp3) is 0.700. The maximum Gasteiger partial charge on any atom is 0.261 e. The highest BCUT2D eigenvalue weighted by Gasteiger charge is 2.49. The van der Waals surface area contributed by atoms with Gasteiger partial charge in [0.25, 0.3) is 12.3 Å². The van der Waals surface area contributed by atoms with E-state index in [9.17, 15) is 74.7 Å². The van der Waals surface area contributed by atoms with E-state index in [1.165, 1.54) is 44.9 Å². The van der Waals surface area contributed by atoms with Crippen molar-refractivity contribution in [3.63, 3.8) is 0 Å². The van der Waals surface area contributed by atoms with Crippen molar-refractivity contribution in [2.24, 2.45) is 11.8 Å². The summed E-state index contributed by atoms with van der Waals surface area (Å²) in [5, 5.41) is 118. The first-order valence-corrected chi connectivity index (χ1v) is 22.2. The largest absolute Gasteiger partial charge is 0.504 e. The lowest BCUT2D eigenvalue weighted by Crippen LogP contribution is -2.64. The number of phenols is 1. The molecule has 3 saturated heterocycles. The number of benzene rings is 1. The maximum absolute atomic E-state index is 14.7. The van der Waals surface area contributed by atoms with Gasteiger partial charge in [0.2, 0.25) is 35.4 Å². The first kappa shape index (κ1) is 55.1. The standard InChI is InChI=1S/C40H63N7O19S/c1-18-9-23(51)13-41-38(60)33-34(56)19(2)14-47(33)40(62)32(27(54)7-8-45(4)22(16-48)17-49)44-37(59)31(28(55)10-21-5-6-26(53)29(11-21)64-67-66-65-63)43-36(58)25-12-24(52)15-46(25)39(61)30(20(3)50)42-35(18)57/h5-6,11,18-20,22-25,27-28,30-34,48-56,63H,7-10,12-17H2,1-4H3,(H,41,60)(H,42,57)(H,43,58)(H,44,59)/t18-,19-,20+,23+,24+,25-,27+,28+,30-,31-,32-,33-,34-/m0/s1. The number of nitrogens with zero attached hydrogens (tertiary/aromatic N) is 3. The predicted octanol–water partition coefficient (Wildman–Crippen LogP) is -5.78. The van der Waals surface area contributed by atoms with Gasteiger partial charge in [-0.25, -0.2) is 5.26 Å². The molecule has 3 heterocycles.